The summed E-state index contributed by atoms with van der Waals surface area (Å²) in [4.78, 5) is 125. The molecule has 0 aromatic heterocycles. The Morgan fingerprint density at radius 1 is 0.513 bits per heavy atom. The van der Waals surface area contributed by atoms with Crippen molar-refractivity contribution in [3.8, 4) is 23.0 Å². The van der Waals surface area contributed by atoms with Gasteiger partial charge in [0.1, 0.15) is 12.1 Å². The van der Waals surface area contributed by atoms with Gasteiger partial charge in [-0.3, -0.25) is 53.2 Å². The van der Waals surface area contributed by atoms with E-state index in [9.17, 15) is 38.4 Å². The summed E-state index contributed by atoms with van der Waals surface area (Å²) in [6, 6.07) is 20.1. The summed E-state index contributed by atoms with van der Waals surface area (Å²) in [6.45, 7) is 15.6. The van der Waals surface area contributed by atoms with E-state index in [4.69, 9.17) is 66.8 Å². The van der Waals surface area contributed by atoms with E-state index >= 15 is 0 Å². The molecule has 4 N–H and O–H groups in total. The lowest BCUT2D eigenvalue weighted by Gasteiger charge is -2.34. The van der Waals surface area contributed by atoms with E-state index in [1.165, 1.54) is 24.8 Å². The molecule has 7 aliphatic rings. The van der Waals surface area contributed by atoms with Crippen molar-refractivity contribution in [1.82, 2.24) is 35.6 Å². The van der Waals surface area contributed by atoms with Crippen LogP contribution in [0, 0.1) is 11.8 Å². The van der Waals surface area contributed by atoms with Crippen LogP contribution in [-0.2, 0) is 66.7 Å². The van der Waals surface area contributed by atoms with Crippen molar-refractivity contribution < 1.29 is 95.2 Å². The summed E-state index contributed by atoms with van der Waals surface area (Å²) in [6.07, 6.45) is 22.0. The Morgan fingerprint density at radius 3 is 1.51 bits per heavy atom. The van der Waals surface area contributed by atoms with Crippen molar-refractivity contribution in [2.24, 2.45) is 21.8 Å². The molecule has 2 saturated heterocycles. The molecule has 5 atom stereocenters. The molecule has 4 aromatic rings. The molecule has 1 unspecified atom stereocenters. The number of methoxy groups -OCH3 is 2. The van der Waals surface area contributed by atoms with Gasteiger partial charge in [-0.2, -0.15) is 0 Å². The Labute approximate surface area is 694 Å². The standard InChI is InChI=1S/C88H111N11O20/c1-60(2)83(94-81(101)24-33-110-35-37-112-39-41-114-43-45-116-47-48-117-46-44-115-42-40-113-38-36-111-34-25-89-80(100)23-26-97-82(102)53-71(86(97)105)64-13-10-8-7-9-11-14-64)85(104)92-61(3)84(103)93-67-19-15-62(16-20-67)65-49-69-56-90-74-54-78(76(108-5)51-72(74)87(106)98(69)58-65)118-31-12-32-119-79-55-75-73(52-77(79)109-6)88(107)99-59-66(50-70(99)57-91-75)63-17-21-68(22-18-63)96-29-27-95(4)28-30-96/h7-11,13-22,51-52,54-61,69-71,83H,12,23-50,53H2,1-6H3,(H,89,100)(H,92,104)(H,93,103)(H,94,101)/b8-7-,9-7?,10-8?,11-9-,13-10?,14-11?,64-13?,64-14?/t61-,69-,70-,71?,83-/m0/s1. The summed E-state index contributed by atoms with van der Waals surface area (Å²) in [5, 5.41) is 11.1. The lowest BCUT2D eigenvalue weighted by Crippen LogP contribution is -2.53. The van der Waals surface area contributed by atoms with Crippen LogP contribution >= 0.6 is 0 Å². The zero-order valence-electron chi connectivity index (χ0n) is 68.8. The number of hydrogen-bond donors (Lipinski definition) is 4. The molecule has 11 rings (SSSR count). The number of fused-ring (bicyclic) bond motifs is 4. The second-order valence-corrected chi connectivity index (χ2v) is 29.5. The molecule has 8 amide bonds. The average Bonchev–Trinajstić information content (AvgIpc) is 1.64. The van der Waals surface area contributed by atoms with Gasteiger partial charge in [-0.15, -0.1) is 0 Å². The highest BCUT2D eigenvalue weighted by Crippen LogP contribution is 2.43. The highest BCUT2D eigenvalue weighted by Gasteiger charge is 2.41. The number of allylic oxidation sites excluding steroid dienone is 7. The number of anilines is 2. The van der Waals surface area contributed by atoms with Crippen LogP contribution in [0.4, 0.5) is 22.7 Å². The first-order chi connectivity index (χ1) is 57.9. The third-order valence-electron chi connectivity index (χ3n) is 20.8. The van der Waals surface area contributed by atoms with E-state index in [0.717, 1.165) is 54.0 Å². The van der Waals surface area contributed by atoms with Crippen molar-refractivity contribution in [2.45, 2.75) is 83.5 Å². The number of amides is 8. The number of piperazine rings is 1. The summed E-state index contributed by atoms with van der Waals surface area (Å²) in [5.41, 5.74) is 8.04. The molecule has 4 aromatic carbocycles. The number of imide groups is 1. The second-order valence-electron chi connectivity index (χ2n) is 29.5. The average molecular weight is 1640 g/mol. The number of likely N-dealkylation sites (tertiary alicyclic amines) is 1. The molecule has 0 bridgehead atoms. The van der Waals surface area contributed by atoms with E-state index < -0.39 is 29.8 Å². The minimum Gasteiger partial charge on any atom is -0.493 e. The number of aliphatic imine (C=N–C) groups is 2. The van der Waals surface area contributed by atoms with Gasteiger partial charge in [0.05, 0.1) is 174 Å². The number of nitrogens with one attached hydrogen (secondary N) is 4. The number of likely N-dealkylation sites (N-methyl/N-ethyl adjacent to an activating group) is 1. The maximum atomic E-state index is 14.2. The van der Waals surface area contributed by atoms with Crippen LogP contribution in [0.1, 0.15) is 91.1 Å². The largest absolute Gasteiger partial charge is 0.493 e. The first-order valence-electron chi connectivity index (χ1n) is 40.8. The van der Waals surface area contributed by atoms with Gasteiger partial charge in [0.2, 0.25) is 35.4 Å². The number of rotatable bonds is 48. The third-order valence-corrected chi connectivity index (χ3v) is 20.8. The Hall–Kier alpha value is -10.7. The van der Waals surface area contributed by atoms with Crippen LogP contribution < -0.4 is 45.1 Å². The van der Waals surface area contributed by atoms with E-state index in [0.29, 0.717) is 169 Å². The zero-order valence-corrected chi connectivity index (χ0v) is 68.8. The van der Waals surface area contributed by atoms with Gasteiger partial charge in [-0.1, -0.05) is 80.6 Å². The van der Waals surface area contributed by atoms with Gasteiger partial charge < -0.3 is 97.7 Å². The summed E-state index contributed by atoms with van der Waals surface area (Å²) < 4.78 is 68.3. The SMILES string of the molecule is COc1cc2c(cc1OCCCOc1cc3c(cc1OC)C(=O)N1C=C(c4ccc(N5CCN(C)CC5)cc4)C[C@H]1C=N3)N=C[C@@H]1CC(c3ccc(NC(=O)[C@H](C)NC(=O)[C@@H](NC(=O)CCOCCOCCOCCOCCOCCOCCOCCOCCNC(=O)CCN4C(=O)CC(C5=C/C=C\C=C/C=C5)C4=O)C(C)C)cc3)=CN1C2=O. The fourth-order valence-corrected chi connectivity index (χ4v) is 14.0. The number of benzene rings is 4. The number of carbonyl (C=O) groups is 8. The smallest absolute Gasteiger partial charge is 0.260 e. The van der Waals surface area contributed by atoms with Crippen LogP contribution in [0.25, 0.3) is 11.1 Å². The highest BCUT2D eigenvalue weighted by atomic mass is 16.6. The third kappa shape index (κ3) is 25.9. The van der Waals surface area contributed by atoms with Gasteiger partial charge in [0.25, 0.3) is 11.8 Å². The van der Waals surface area contributed by atoms with Gasteiger partial charge in [0, 0.05) is 126 Å². The highest BCUT2D eigenvalue weighted by molar-refractivity contribution is 6.08. The van der Waals surface area contributed by atoms with Crippen LogP contribution in [-0.4, -0.2) is 283 Å². The Kier molecular flexibility index (Phi) is 34.4. The van der Waals surface area contributed by atoms with Crippen LogP contribution in [0.3, 0.4) is 0 Å². The molecule has 0 radical (unpaired) electrons. The summed E-state index contributed by atoms with van der Waals surface area (Å²) in [7, 11) is 5.20. The molecule has 638 valence electrons. The molecule has 0 spiro atoms. The predicted molar refractivity (Wildman–Crippen MR) is 448 cm³/mol. The van der Waals surface area contributed by atoms with E-state index in [2.05, 4.69) is 62.4 Å². The number of hydrogen-bond acceptors (Lipinski definition) is 24. The normalized spacial score (nSPS) is 18.5. The first kappa shape index (κ1) is 89.1. The van der Waals surface area contributed by atoms with Crippen molar-refractivity contribution in [1.29, 1.82) is 0 Å². The van der Waals surface area contributed by atoms with Gasteiger partial charge in [0.15, 0.2) is 23.0 Å². The number of ether oxygens (including phenoxy) is 12. The van der Waals surface area contributed by atoms with E-state index in [1.807, 2.05) is 73.3 Å². The maximum Gasteiger partial charge on any atom is 0.260 e. The molecule has 6 heterocycles. The van der Waals surface area contributed by atoms with Gasteiger partial charge in [-0.05, 0) is 84.1 Å². The van der Waals surface area contributed by atoms with Crippen LogP contribution in [0.5, 0.6) is 23.0 Å². The monoisotopic (exact) mass is 1640 g/mol. The second kappa shape index (κ2) is 46.0. The molecular formula is C88H111N11O20. The molecule has 0 saturated carbocycles. The van der Waals surface area contributed by atoms with Gasteiger partial charge in [-0.25, -0.2) is 0 Å². The lowest BCUT2D eigenvalue weighted by molar-refractivity contribution is -0.139. The Bertz CT molecular complexity index is 4400. The summed E-state index contributed by atoms with van der Waals surface area (Å²) in [5.74, 6) is -1.82. The fraction of sp³-hybridized carbons (Fsp3) is 0.477. The molecule has 119 heavy (non-hydrogen) atoms. The molecule has 2 fully saturated rings. The van der Waals surface area contributed by atoms with Crippen molar-refractivity contribution in [3.63, 3.8) is 0 Å². The number of carbonyl (C=O) groups excluding carboxylic acids is 8. The Morgan fingerprint density at radius 2 is 1.00 bits per heavy atom. The van der Waals surface area contributed by atoms with E-state index in [-0.39, 0.29) is 106 Å². The quantitative estimate of drug-likeness (QED) is 0.0241. The number of nitrogens with zero attached hydrogens (tertiary/aromatic N) is 7. The lowest BCUT2D eigenvalue weighted by atomic mass is 9.95. The first-order valence-corrected chi connectivity index (χ1v) is 40.8. The zero-order chi connectivity index (χ0) is 83.8. The molecule has 1 aliphatic carbocycles. The maximum absolute atomic E-state index is 14.2. The molecule has 31 nitrogen and oxygen atoms in total. The minimum atomic E-state index is -0.946. The van der Waals surface area contributed by atoms with Crippen LogP contribution in [0.15, 0.2) is 143 Å². The van der Waals surface area contributed by atoms with Crippen molar-refractivity contribution >= 4 is 93.6 Å². The van der Waals surface area contributed by atoms with Crippen molar-refractivity contribution in [2.75, 3.05) is 190 Å². The minimum absolute atomic E-state index is 0.0103. The predicted octanol–water partition coefficient (Wildman–Crippen LogP) is 7.84. The molecular weight excluding hydrogens is 1530 g/mol. The summed E-state index contributed by atoms with van der Waals surface area (Å²) >= 11 is 0. The molecule has 31 heteroatoms. The van der Waals surface area contributed by atoms with E-state index in [1.54, 1.807) is 73.2 Å². The van der Waals surface area contributed by atoms with Crippen LogP contribution in [0.2, 0.25) is 0 Å². The van der Waals surface area contributed by atoms with Gasteiger partial charge >= 0.3 is 0 Å². The molecule has 6 aliphatic heterocycles. The van der Waals surface area contributed by atoms with Crippen molar-refractivity contribution in [3.05, 3.63) is 156 Å². The fourth-order valence-electron chi connectivity index (χ4n) is 14.0. The Balaban J connectivity index is 0.486. The topological polar surface area (TPSA) is 336 Å².